The fraction of sp³-hybridized carbons (Fsp3) is 0.667. The first kappa shape index (κ1) is 14.1. The van der Waals surface area contributed by atoms with Crippen molar-refractivity contribution in [3.05, 3.63) is 35.4 Å². The van der Waals surface area contributed by atoms with Gasteiger partial charge < -0.3 is 10.2 Å². The molecule has 0 radical (unpaired) electrons. The topological polar surface area (TPSA) is 15.3 Å². The van der Waals surface area contributed by atoms with Crippen LogP contribution in [-0.4, -0.2) is 30.1 Å². The van der Waals surface area contributed by atoms with Crippen molar-refractivity contribution in [3.8, 4) is 0 Å². The highest BCUT2D eigenvalue weighted by molar-refractivity contribution is 5.34. The summed E-state index contributed by atoms with van der Waals surface area (Å²) in [5, 5.41) is 3.95. The third kappa shape index (κ3) is 3.07. The summed E-state index contributed by atoms with van der Waals surface area (Å²) in [6.07, 6.45) is 6.51. The molecule has 1 saturated heterocycles. The maximum absolute atomic E-state index is 3.95. The zero-order valence-electron chi connectivity index (χ0n) is 12.9. The van der Waals surface area contributed by atoms with Crippen LogP contribution in [0.2, 0.25) is 0 Å². The van der Waals surface area contributed by atoms with E-state index in [1.54, 1.807) is 11.1 Å². The van der Waals surface area contributed by atoms with Crippen molar-refractivity contribution in [2.24, 2.45) is 0 Å². The SMILES string of the molecule is CC(C)N1CCCC(NC2CCc3ccccc32)CC1. The van der Waals surface area contributed by atoms with Crippen molar-refractivity contribution in [2.75, 3.05) is 13.1 Å². The molecular formula is C18H28N2. The predicted molar refractivity (Wildman–Crippen MR) is 85.0 cm³/mol. The van der Waals surface area contributed by atoms with Crippen LogP contribution in [0, 0.1) is 0 Å². The first-order chi connectivity index (χ1) is 9.74. The Labute approximate surface area is 123 Å². The molecule has 1 aliphatic carbocycles. The fourth-order valence-corrected chi connectivity index (χ4v) is 3.82. The number of aryl methyl sites for hydroxylation is 1. The Morgan fingerprint density at radius 3 is 2.80 bits per heavy atom. The first-order valence-electron chi connectivity index (χ1n) is 8.32. The summed E-state index contributed by atoms with van der Waals surface area (Å²) in [7, 11) is 0. The summed E-state index contributed by atoms with van der Waals surface area (Å²) in [6.45, 7) is 7.17. The van der Waals surface area contributed by atoms with Gasteiger partial charge in [0, 0.05) is 18.1 Å². The predicted octanol–water partition coefficient (Wildman–Crippen LogP) is 3.53. The summed E-state index contributed by atoms with van der Waals surface area (Å²) in [6, 6.07) is 11.0. The van der Waals surface area contributed by atoms with E-state index < -0.39 is 0 Å². The van der Waals surface area contributed by atoms with Gasteiger partial charge in [0.15, 0.2) is 0 Å². The third-order valence-electron chi connectivity index (χ3n) is 5.06. The Bertz CT molecular complexity index is 441. The summed E-state index contributed by atoms with van der Waals surface area (Å²) < 4.78 is 0. The van der Waals surface area contributed by atoms with Crippen LogP contribution >= 0.6 is 0 Å². The first-order valence-corrected chi connectivity index (χ1v) is 8.32. The summed E-state index contributed by atoms with van der Waals surface area (Å²) >= 11 is 0. The molecule has 0 bridgehead atoms. The minimum absolute atomic E-state index is 0.599. The van der Waals surface area contributed by atoms with Crippen molar-refractivity contribution in [3.63, 3.8) is 0 Å². The fourth-order valence-electron chi connectivity index (χ4n) is 3.82. The van der Waals surface area contributed by atoms with Gasteiger partial charge in [-0.25, -0.2) is 0 Å². The van der Waals surface area contributed by atoms with E-state index in [0.717, 1.165) is 0 Å². The molecule has 0 spiro atoms. The third-order valence-corrected chi connectivity index (χ3v) is 5.06. The lowest BCUT2D eigenvalue weighted by Gasteiger charge is -2.25. The highest BCUT2D eigenvalue weighted by Crippen LogP contribution is 2.32. The summed E-state index contributed by atoms with van der Waals surface area (Å²) in [5.74, 6) is 0. The average Bonchev–Trinajstić information content (AvgIpc) is 2.69. The number of nitrogens with one attached hydrogen (secondary N) is 1. The number of benzene rings is 1. The largest absolute Gasteiger partial charge is 0.307 e. The molecule has 20 heavy (non-hydrogen) atoms. The molecule has 2 aliphatic rings. The van der Waals surface area contributed by atoms with E-state index in [9.17, 15) is 0 Å². The summed E-state index contributed by atoms with van der Waals surface area (Å²) in [4.78, 5) is 2.63. The second-order valence-electron chi connectivity index (χ2n) is 6.71. The average molecular weight is 272 g/mol. The molecule has 1 aromatic rings. The molecule has 2 atom stereocenters. The van der Waals surface area contributed by atoms with Crippen LogP contribution < -0.4 is 5.32 Å². The Hall–Kier alpha value is -0.860. The van der Waals surface area contributed by atoms with Crippen molar-refractivity contribution in [1.82, 2.24) is 10.2 Å². The number of fused-ring (bicyclic) bond motifs is 1. The molecule has 0 aromatic heterocycles. The second kappa shape index (κ2) is 6.28. The van der Waals surface area contributed by atoms with E-state index in [2.05, 4.69) is 48.3 Å². The van der Waals surface area contributed by atoms with E-state index in [0.29, 0.717) is 18.1 Å². The molecule has 2 unspecified atom stereocenters. The van der Waals surface area contributed by atoms with Crippen LogP contribution in [0.4, 0.5) is 0 Å². The zero-order chi connectivity index (χ0) is 13.9. The molecule has 0 amide bonds. The van der Waals surface area contributed by atoms with Crippen LogP contribution in [-0.2, 0) is 6.42 Å². The van der Waals surface area contributed by atoms with Gasteiger partial charge in [0.05, 0.1) is 0 Å². The second-order valence-corrected chi connectivity index (χ2v) is 6.71. The normalized spacial score (nSPS) is 27.6. The van der Waals surface area contributed by atoms with Crippen LogP contribution in [0.3, 0.4) is 0 Å². The van der Waals surface area contributed by atoms with Gasteiger partial charge in [-0.1, -0.05) is 24.3 Å². The molecule has 1 aromatic carbocycles. The van der Waals surface area contributed by atoms with Gasteiger partial charge in [-0.15, -0.1) is 0 Å². The molecule has 1 heterocycles. The lowest BCUT2D eigenvalue weighted by molar-refractivity contribution is 0.228. The van der Waals surface area contributed by atoms with Gasteiger partial charge in [0.2, 0.25) is 0 Å². The quantitative estimate of drug-likeness (QED) is 0.905. The van der Waals surface area contributed by atoms with Crippen LogP contribution in [0.15, 0.2) is 24.3 Å². The molecule has 1 aliphatic heterocycles. The van der Waals surface area contributed by atoms with Crippen molar-refractivity contribution >= 4 is 0 Å². The van der Waals surface area contributed by atoms with Crippen molar-refractivity contribution in [1.29, 1.82) is 0 Å². The Balaban J connectivity index is 1.59. The number of hydrogen-bond donors (Lipinski definition) is 1. The number of hydrogen-bond acceptors (Lipinski definition) is 2. The van der Waals surface area contributed by atoms with Gasteiger partial charge >= 0.3 is 0 Å². The van der Waals surface area contributed by atoms with Crippen LogP contribution in [0.5, 0.6) is 0 Å². The molecule has 110 valence electrons. The zero-order valence-corrected chi connectivity index (χ0v) is 12.9. The van der Waals surface area contributed by atoms with Crippen LogP contribution in [0.25, 0.3) is 0 Å². The maximum Gasteiger partial charge on any atom is 0.0328 e. The summed E-state index contributed by atoms with van der Waals surface area (Å²) in [5.41, 5.74) is 3.11. The molecular weight excluding hydrogens is 244 g/mol. The van der Waals surface area contributed by atoms with Crippen LogP contribution in [0.1, 0.15) is 56.7 Å². The standard InChI is InChI=1S/C18H28N2/c1-14(2)20-12-5-7-16(11-13-20)19-18-10-9-15-6-3-4-8-17(15)18/h3-4,6,8,14,16,18-19H,5,7,9-13H2,1-2H3. The molecule has 2 heteroatoms. The molecule has 3 rings (SSSR count). The van der Waals surface area contributed by atoms with E-state index in [-0.39, 0.29) is 0 Å². The van der Waals surface area contributed by atoms with Gasteiger partial charge in [0.1, 0.15) is 0 Å². The van der Waals surface area contributed by atoms with Crippen molar-refractivity contribution < 1.29 is 0 Å². The van der Waals surface area contributed by atoms with E-state index in [4.69, 9.17) is 0 Å². The van der Waals surface area contributed by atoms with Gasteiger partial charge in [0.25, 0.3) is 0 Å². The lowest BCUT2D eigenvalue weighted by atomic mass is 10.0. The molecule has 1 fully saturated rings. The smallest absolute Gasteiger partial charge is 0.0328 e. The highest BCUT2D eigenvalue weighted by Gasteiger charge is 2.25. The molecule has 0 saturated carbocycles. The molecule has 1 N–H and O–H groups in total. The maximum atomic E-state index is 3.95. The number of rotatable bonds is 3. The molecule has 2 nitrogen and oxygen atoms in total. The number of likely N-dealkylation sites (tertiary alicyclic amines) is 1. The highest BCUT2D eigenvalue weighted by atomic mass is 15.2. The van der Waals surface area contributed by atoms with Gasteiger partial charge in [-0.3, -0.25) is 0 Å². The van der Waals surface area contributed by atoms with E-state index >= 15 is 0 Å². The Morgan fingerprint density at radius 1 is 1.10 bits per heavy atom. The minimum atomic E-state index is 0.599. The Kier molecular flexibility index (Phi) is 4.42. The Morgan fingerprint density at radius 2 is 1.95 bits per heavy atom. The number of nitrogens with zero attached hydrogens (tertiary/aromatic N) is 1. The lowest BCUT2D eigenvalue weighted by Crippen LogP contribution is -2.35. The van der Waals surface area contributed by atoms with Crippen molar-refractivity contribution in [2.45, 2.75) is 64.1 Å². The van der Waals surface area contributed by atoms with Gasteiger partial charge in [-0.2, -0.15) is 0 Å². The van der Waals surface area contributed by atoms with E-state index in [1.807, 2.05) is 0 Å². The van der Waals surface area contributed by atoms with Gasteiger partial charge in [-0.05, 0) is 70.2 Å². The van der Waals surface area contributed by atoms with E-state index in [1.165, 1.54) is 45.2 Å². The monoisotopic (exact) mass is 272 g/mol. The minimum Gasteiger partial charge on any atom is -0.307 e.